The minimum Gasteiger partial charge on any atom is -0.511 e. The van der Waals surface area contributed by atoms with Gasteiger partial charge in [0.25, 0.3) is 0 Å². The fourth-order valence-corrected chi connectivity index (χ4v) is 2.77. The second-order valence-electron chi connectivity index (χ2n) is 5.90. The van der Waals surface area contributed by atoms with Crippen molar-refractivity contribution in [2.24, 2.45) is 10.4 Å². The van der Waals surface area contributed by atoms with Gasteiger partial charge in [-0.3, -0.25) is 9.79 Å². The number of benzene rings is 1. The number of Topliss-reactive ketones (excluding diaryl/α,β-unsaturated/α-hetero) is 1. The maximum absolute atomic E-state index is 12.0. The molecule has 1 aromatic carbocycles. The molecule has 1 aliphatic rings. The molecule has 4 heteroatoms. The zero-order valence-corrected chi connectivity index (χ0v) is 13.3. The van der Waals surface area contributed by atoms with E-state index in [0.717, 1.165) is 10.0 Å². The Morgan fingerprint density at radius 1 is 1.40 bits per heavy atom. The molecule has 2 rings (SSSR count). The largest absolute Gasteiger partial charge is 0.511 e. The maximum atomic E-state index is 12.0. The van der Waals surface area contributed by atoms with Crippen LogP contribution in [0.4, 0.5) is 0 Å². The quantitative estimate of drug-likeness (QED) is 0.840. The molecule has 0 fully saturated rings. The average molecular weight is 336 g/mol. The first-order valence-electron chi connectivity index (χ1n) is 6.57. The highest BCUT2D eigenvalue weighted by Crippen LogP contribution is 2.35. The number of carbonyl (C=O) groups is 1. The lowest BCUT2D eigenvalue weighted by atomic mass is 9.77. The van der Waals surface area contributed by atoms with E-state index in [1.165, 1.54) is 6.21 Å². The summed E-state index contributed by atoms with van der Waals surface area (Å²) in [7, 11) is 0. The molecule has 0 unspecified atom stereocenters. The second-order valence-corrected chi connectivity index (χ2v) is 6.82. The number of carbonyl (C=O) groups excluding carboxylic acids is 1. The van der Waals surface area contributed by atoms with Crippen molar-refractivity contribution >= 4 is 27.9 Å². The number of allylic oxidation sites excluding steroid dienone is 2. The highest BCUT2D eigenvalue weighted by Gasteiger charge is 2.32. The molecular formula is C16H18BrNO2. The van der Waals surface area contributed by atoms with Crippen molar-refractivity contribution in [3.63, 3.8) is 0 Å². The Morgan fingerprint density at radius 2 is 2.15 bits per heavy atom. The normalized spacial score (nSPS) is 18.9. The Bertz CT molecular complexity index is 588. The van der Waals surface area contributed by atoms with Crippen molar-refractivity contribution in [1.82, 2.24) is 0 Å². The molecular weight excluding hydrogens is 318 g/mol. The lowest BCUT2D eigenvalue weighted by Gasteiger charge is -2.28. The van der Waals surface area contributed by atoms with Crippen LogP contribution in [-0.2, 0) is 11.3 Å². The fraction of sp³-hybridized carbons (Fsp3) is 0.375. The smallest absolute Gasteiger partial charge is 0.168 e. The fourth-order valence-electron chi connectivity index (χ4n) is 2.33. The molecule has 0 heterocycles. The van der Waals surface area contributed by atoms with Crippen LogP contribution in [0.5, 0.6) is 0 Å². The Balaban J connectivity index is 2.09. The molecule has 0 aromatic heterocycles. The molecule has 0 amide bonds. The van der Waals surface area contributed by atoms with Crippen molar-refractivity contribution in [2.75, 3.05) is 0 Å². The van der Waals surface area contributed by atoms with E-state index in [1.54, 1.807) is 0 Å². The monoisotopic (exact) mass is 335 g/mol. The van der Waals surface area contributed by atoms with Crippen molar-refractivity contribution in [2.45, 2.75) is 33.2 Å². The van der Waals surface area contributed by atoms with Gasteiger partial charge in [-0.05, 0) is 23.1 Å². The van der Waals surface area contributed by atoms with Gasteiger partial charge in [0.1, 0.15) is 5.76 Å². The van der Waals surface area contributed by atoms with Gasteiger partial charge in [-0.2, -0.15) is 0 Å². The molecule has 20 heavy (non-hydrogen) atoms. The van der Waals surface area contributed by atoms with Gasteiger partial charge in [0.15, 0.2) is 5.78 Å². The number of aliphatic hydroxyl groups is 1. The first kappa shape index (κ1) is 15.0. The van der Waals surface area contributed by atoms with Crippen molar-refractivity contribution in [3.8, 4) is 0 Å². The number of nitrogens with zero attached hydrogens (tertiary/aromatic N) is 1. The summed E-state index contributed by atoms with van der Waals surface area (Å²) in [5.41, 5.74) is 1.25. The zero-order chi connectivity index (χ0) is 14.8. The van der Waals surface area contributed by atoms with Gasteiger partial charge in [-0.25, -0.2) is 0 Å². The predicted molar refractivity (Wildman–Crippen MR) is 84.0 cm³/mol. The van der Waals surface area contributed by atoms with E-state index in [9.17, 15) is 9.90 Å². The molecule has 0 spiro atoms. The molecule has 1 aliphatic carbocycles. The van der Waals surface area contributed by atoms with Gasteiger partial charge in [0, 0.05) is 23.5 Å². The third-order valence-corrected chi connectivity index (χ3v) is 3.77. The summed E-state index contributed by atoms with van der Waals surface area (Å²) in [6.07, 6.45) is 2.49. The van der Waals surface area contributed by atoms with Crippen LogP contribution in [-0.4, -0.2) is 17.1 Å². The number of aliphatic imine (C=N–C) groups is 1. The molecule has 0 bridgehead atoms. The minimum absolute atomic E-state index is 0.0308. The van der Waals surface area contributed by atoms with Gasteiger partial charge in [0.05, 0.1) is 12.1 Å². The third kappa shape index (κ3) is 3.79. The van der Waals surface area contributed by atoms with Crippen molar-refractivity contribution in [3.05, 3.63) is 45.6 Å². The number of aliphatic hydroxyl groups excluding tert-OH is 1. The lowest BCUT2D eigenvalue weighted by molar-refractivity contribution is -0.117. The molecule has 0 saturated heterocycles. The molecule has 0 aliphatic heterocycles. The van der Waals surface area contributed by atoms with E-state index < -0.39 is 0 Å². The van der Waals surface area contributed by atoms with Crippen LogP contribution in [0, 0.1) is 5.41 Å². The molecule has 0 atom stereocenters. The molecule has 0 saturated carbocycles. The summed E-state index contributed by atoms with van der Waals surface area (Å²) in [6, 6.07) is 7.85. The van der Waals surface area contributed by atoms with E-state index in [2.05, 4.69) is 20.9 Å². The molecule has 0 radical (unpaired) electrons. The van der Waals surface area contributed by atoms with Gasteiger partial charge in [-0.15, -0.1) is 0 Å². The lowest BCUT2D eigenvalue weighted by Crippen LogP contribution is -2.26. The summed E-state index contributed by atoms with van der Waals surface area (Å²) in [5, 5.41) is 9.98. The number of rotatable bonds is 3. The summed E-state index contributed by atoms with van der Waals surface area (Å²) in [4.78, 5) is 16.3. The molecule has 3 nitrogen and oxygen atoms in total. The van der Waals surface area contributed by atoms with Crippen LogP contribution >= 0.6 is 15.9 Å². The van der Waals surface area contributed by atoms with E-state index in [0.29, 0.717) is 25.0 Å². The van der Waals surface area contributed by atoms with E-state index in [1.807, 2.05) is 38.1 Å². The van der Waals surface area contributed by atoms with Crippen molar-refractivity contribution < 1.29 is 9.90 Å². The maximum Gasteiger partial charge on any atom is 0.168 e. The minimum atomic E-state index is -0.164. The number of halogens is 1. The van der Waals surface area contributed by atoms with Crippen LogP contribution in [0.2, 0.25) is 0 Å². The van der Waals surface area contributed by atoms with Gasteiger partial charge < -0.3 is 5.11 Å². The van der Waals surface area contributed by atoms with Crippen LogP contribution < -0.4 is 0 Å². The topological polar surface area (TPSA) is 49.7 Å². The Labute approximate surface area is 127 Å². The van der Waals surface area contributed by atoms with Crippen LogP contribution in [0.3, 0.4) is 0 Å². The summed E-state index contributed by atoms with van der Waals surface area (Å²) in [5.74, 6) is 0.126. The average Bonchev–Trinajstić information content (AvgIpc) is 2.31. The van der Waals surface area contributed by atoms with Gasteiger partial charge in [0.2, 0.25) is 0 Å². The van der Waals surface area contributed by atoms with E-state index in [4.69, 9.17) is 0 Å². The molecule has 1 N–H and O–H groups in total. The first-order valence-corrected chi connectivity index (χ1v) is 7.36. The number of hydrogen-bond donors (Lipinski definition) is 1. The molecule has 106 valence electrons. The van der Waals surface area contributed by atoms with Crippen molar-refractivity contribution in [1.29, 1.82) is 0 Å². The second kappa shape index (κ2) is 5.92. The first-order chi connectivity index (χ1) is 9.37. The Hall–Kier alpha value is -1.42. The van der Waals surface area contributed by atoms with Crippen LogP contribution in [0.15, 0.2) is 45.1 Å². The van der Waals surface area contributed by atoms with E-state index >= 15 is 0 Å². The number of ketones is 1. The van der Waals surface area contributed by atoms with Gasteiger partial charge in [-0.1, -0.05) is 41.9 Å². The standard InChI is InChI=1S/C16H18BrNO2/c1-16(2)7-14(19)13(15(20)8-16)10-18-9-11-4-3-5-12(17)6-11/h3-6,10,19H,7-9H2,1-2H3. The summed E-state index contributed by atoms with van der Waals surface area (Å²) < 4.78 is 1.00. The highest BCUT2D eigenvalue weighted by molar-refractivity contribution is 9.10. The highest BCUT2D eigenvalue weighted by atomic mass is 79.9. The Morgan fingerprint density at radius 3 is 2.80 bits per heavy atom. The van der Waals surface area contributed by atoms with Crippen LogP contribution in [0.25, 0.3) is 0 Å². The SMILES string of the molecule is CC1(C)CC(=O)C(C=NCc2cccc(Br)c2)=C(O)C1. The Kier molecular flexibility index (Phi) is 4.43. The van der Waals surface area contributed by atoms with E-state index in [-0.39, 0.29) is 17.0 Å². The summed E-state index contributed by atoms with van der Waals surface area (Å²) >= 11 is 3.41. The third-order valence-electron chi connectivity index (χ3n) is 3.28. The molecule has 1 aromatic rings. The number of hydrogen-bond acceptors (Lipinski definition) is 3. The van der Waals surface area contributed by atoms with Crippen LogP contribution in [0.1, 0.15) is 32.3 Å². The summed E-state index contributed by atoms with van der Waals surface area (Å²) in [6.45, 7) is 4.46. The zero-order valence-electron chi connectivity index (χ0n) is 11.7. The predicted octanol–water partition coefficient (Wildman–Crippen LogP) is 4.22. The van der Waals surface area contributed by atoms with Gasteiger partial charge >= 0.3 is 0 Å².